The largest absolute Gasteiger partial charge is 0.497 e. The van der Waals surface area contributed by atoms with Crippen LogP contribution in [0.2, 0.25) is 0 Å². The van der Waals surface area contributed by atoms with E-state index in [-0.39, 0.29) is 17.8 Å². The molecule has 1 N–H and O–H groups in total. The summed E-state index contributed by atoms with van der Waals surface area (Å²) in [5.41, 5.74) is 3.77. The molecule has 2 aromatic rings. The molecule has 1 aromatic heterocycles. The first kappa shape index (κ1) is 17.2. The molecule has 0 spiro atoms. The number of nitrogens with one attached hydrogen (secondary N) is 1. The van der Waals surface area contributed by atoms with Gasteiger partial charge in [0.15, 0.2) is 0 Å². The Hall–Kier alpha value is -2.12. The van der Waals surface area contributed by atoms with E-state index in [0.29, 0.717) is 10.0 Å². The van der Waals surface area contributed by atoms with Crippen LogP contribution >= 0.6 is 15.9 Å². The Bertz CT molecular complexity index is 769. The molecule has 0 saturated carbocycles. The van der Waals surface area contributed by atoms with E-state index in [2.05, 4.69) is 26.2 Å². The molecule has 7 heteroatoms. The van der Waals surface area contributed by atoms with Crippen molar-refractivity contribution < 1.29 is 14.4 Å². The molecule has 6 nitrogen and oxygen atoms in total. The van der Waals surface area contributed by atoms with Gasteiger partial charge in [0.25, 0.3) is 11.5 Å². The fourth-order valence-electron chi connectivity index (χ4n) is 2.27. The van der Waals surface area contributed by atoms with E-state index in [9.17, 15) is 9.59 Å². The van der Waals surface area contributed by atoms with Crippen molar-refractivity contribution in [3.63, 3.8) is 0 Å². The van der Waals surface area contributed by atoms with Crippen molar-refractivity contribution in [1.82, 2.24) is 10.0 Å². The van der Waals surface area contributed by atoms with Gasteiger partial charge in [-0.05, 0) is 52.2 Å². The molecule has 0 aliphatic heterocycles. The van der Waals surface area contributed by atoms with Crippen LogP contribution in [-0.4, -0.2) is 24.7 Å². The van der Waals surface area contributed by atoms with Crippen LogP contribution in [0.1, 0.15) is 21.6 Å². The number of benzene rings is 1. The normalized spacial score (nSPS) is 10.4. The number of pyridine rings is 1. The van der Waals surface area contributed by atoms with Crippen LogP contribution < -0.4 is 15.8 Å². The molecule has 23 heavy (non-hydrogen) atoms. The minimum Gasteiger partial charge on any atom is -0.497 e. The molecule has 122 valence electrons. The first-order chi connectivity index (χ1) is 11.0. The summed E-state index contributed by atoms with van der Waals surface area (Å²) in [4.78, 5) is 29.3. The van der Waals surface area contributed by atoms with Gasteiger partial charge in [-0.15, -0.1) is 0 Å². The molecular formula is C16H17BrN2O4. The summed E-state index contributed by atoms with van der Waals surface area (Å²) >= 11 is 3.24. The molecular weight excluding hydrogens is 364 g/mol. The Balaban J connectivity index is 2.50. The summed E-state index contributed by atoms with van der Waals surface area (Å²) in [5.74, 6) is 0.256. The summed E-state index contributed by atoms with van der Waals surface area (Å²) in [5, 5.41) is 0. The molecule has 0 bridgehead atoms. The van der Waals surface area contributed by atoms with Gasteiger partial charge < -0.3 is 4.74 Å². The van der Waals surface area contributed by atoms with Crippen LogP contribution in [0.5, 0.6) is 5.75 Å². The lowest BCUT2D eigenvalue weighted by Crippen LogP contribution is -2.33. The first-order valence-electron chi connectivity index (χ1n) is 6.84. The van der Waals surface area contributed by atoms with Gasteiger partial charge in [-0.3, -0.25) is 19.0 Å². The molecule has 0 aliphatic carbocycles. The Kier molecular flexibility index (Phi) is 5.57. The minimum atomic E-state index is -0.469. The maximum Gasteiger partial charge on any atom is 0.291 e. The number of hydrogen-bond acceptors (Lipinski definition) is 4. The molecule has 0 fully saturated rings. The van der Waals surface area contributed by atoms with Crippen LogP contribution in [0.3, 0.4) is 0 Å². The van der Waals surface area contributed by atoms with E-state index in [1.165, 1.54) is 11.7 Å². The van der Waals surface area contributed by atoms with Crippen LogP contribution in [0.15, 0.2) is 39.6 Å². The van der Waals surface area contributed by atoms with Crippen molar-refractivity contribution in [1.29, 1.82) is 0 Å². The Morgan fingerprint density at radius 1 is 1.26 bits per heavy atom. The van der Waals surface area contributed by atoms with E-state index in [4.69, 9.17) is 4.74 Å². The summed E-state index contributed by atoms with van der Waals surface area (Å²) < 4.78 is 6.93. The predicted molar refractivity (Wildman–Crippen MR) is 89.7 cm³/mol. The zero-order valence-electron chi connectivity index (χ0n) is 13.1. The van der Waals surface area contributed by atoms with Gasteiger partial charge in [-0.2, -0.15) is 0 Å². The fourth-order valence-corrected chi connectivity index (χ4v) is 2.83. The van der Waals surface area contributed by atoms with Gasteiger partial charge in [-0.1, -0.05) is 12.1 Å². The topological polar surface area (TPSA) is 69.6 Å². The maximum absolute atomic E-state index is 12.4. The fraction of sp³-hybridized carbons (Fsp3) is 0.250. The van der Waals surface area contributed by atoms with E-state index >= 15 is 0 Å². The zero-order valence-corrected chi connectivity index (χ0v) is 14.6. The van der Waals surface area contributed by atoms with Gasteiger partial charge >= 0.3 is 0 Å². The van der Waals surface area contributed by atoms with Gasteiger partial charge in [0.1, 0.15) is 11.4 Å². The summed E-state index contributed by atoms with van der Waals surface area (Å²) in [7, 11) is 2.93. The van der Waals surface area contributed by atoms with Crippen molar-refractivity contribution in [2.75, 3.05) is 14.2 Å². The summed E-state index contributed by atoms with van der Waals surface area (Å²) in [6.07, 6.45) is 0. The van der Waals surface area contributed by atoms with E-state index < -0.39 is 5.91 Å². The second-order valence-electron chi connectivity index (χ2n) is 4.90. The second kappa shape index (κ2) is 7.43. The highest BCUT2D eigenvalue weighted by atomic mass is 79.9. The monoisotopic (exact) mass is 380 g/mol. The Morgan fingerprint density at radius 2 is 1.91 bits per heavy atom. The molecule has 2 rings (SSSR count). The average Bonchev–Trinajstić information content (AvgIpc) is 2.53. The lowest BCUT2D eigenvalue weighted by Gasteiger charge is -2.15. The third-order valence-corrected chi connectivity index (χ3v) is 3.91. The highest BCUT2D eigenvalue weighted by molar-refractivity contribution is 9.10. The summed E-state index contributed by atoms with van der Waals surface area (Å²) in [6, 6.07) is 8.93. The first-order valence-corrected chi connectivity index (χ1v) is 7.63. The SMILES string of the molecule is CONC(=O)c1c(C)cc(Br)c(=O)n1Cc1ccc(OC)cc1. The number of aryl methyl sites for hydroxylation is 1. The number of hydrogen-bond donors (Lipinski definition) is 1. The van der Waals surface area contributed by atoms with Crippen molar-refractivity contribution in [2.24, 2.45) is 0 Å². The van der Waals surface area contributed by atoms with Crippen LogP contribution in [-0.2, 0) is 11.4 Å². The lowest BCUT2D eigenvalue weighted by molar-refractivity contribution is 0.0526. The van der Waals surface area contributed by atoms with Gasteiger partial charge in [0, 0.05) is 0 Å². The molecule has 0 saturated heterocycles. The molecule has 0 atom stereocenters. The lowest BCUT2D eigenvalue weighted by atomic mass is 10.1. The number of hydroxylamine groups is 1. The van der Waals surface area contributed by atoms with Gasteiger partial charge in [0.05, 0.1) is 25.2 Å². The molecule has 0 aliphatic rings. The number of aromatic nitrogens is 1. The van der Waals surface area contributed by atoms with E-state index in [1.807, 2.05) is 12.1 Å². The number of halogens is 1. The van der Waals surface area contributed by atoms with Crippen molar-refractivity contribution in [2.45, 2.75) is 13.5 Å². The number of ether oxygens (including phenoxy) is 1. The molecule has 1 aromatic carbocycles. The molecule has 1 amide bonds. The quantitative estimate of drug-likeness (QED) is 0.807. The summed E-state index contributed by atoms with van der Waals surface area (Å²) in [6.45, 7) is 2.02. The molecule has 0 radical (unpaired) electrons. The smallest absolute Gasteiger partial charge is 0.291 e. The van der Waals surface area contributed by atoms with Gasteiger partial charge in [-0.25, -0.2) is 5.48 Å². The number of carbonyl (C=O) groups excluding carboxylic acids is 1. The minimum absolute atomic E-state index is 0.259. The number of methoxy groups -OCH3 is 1. The van der Waals surface area contributed by atoms with Crippen LogP contribution in [0.25, 0.3) is 0 Å². The maximum atomic E-state index is 12.4. The van der Waals surface area contributed by atoms with Crippen molar-refractivity contribution in [3.8, 4) is 5.75 Å². The van der Waals surface area contributed by atoms with Crippen molar-refractivity contribution in [3.05, 3.63) is 62.0 Å². The zero-order chi connectivity index (χ0) is 17.0. The molecule has 0 unspecified atom stereocenters. The number of rotatable bonds is 5. The second-order valence-corrected chi connectivity index (χ2v) is 5.75. The standard InChI is InChI=1S/C16H17BrN2O4/c1-10-8-13(17)16(21)19(14(10)15(20)18-23-3)9-11-4-6-12(22-2)7-5-11/h4-8H,9H2,1-3H3,(H,18,20). The average molecular weight is 381 g/mol. The predicted octanol–water partition coefficient (Wildman–Crippen LogP) is 2.27. The molecule has 1 heterocycles. The number of amides is 1. The Labute approximate surface area is 142 Å². The third kappa shape index (κ3) is 3.80. The van der Waals surface area contributed by atoms with Crippen LogP contribution in [0.4, 0.5) is 0 Å². The van der Waals surface area contributed by atoms with E-state index in [0.717, 1.165) is 11.3 Å². The number of nitrogens with zero attached hydrogens (tertiary/aromatic N) is 1. The number of carbonyl (C=O) groups is 1. The van der Waals surface area contributed by atoms with Crippen LogP contribution in [0, 0.1) is 6.92 Å². The highest BCUT2D eigenvalue weighted by Gasteiger charge is 2.18. The van der Waals surface area contributed by atoms with Crippen molar-refractivity contribution >= 4 is 21.8 Å². The Morgan fingerprint density at radius 3 is 2.48 bits per heavy atom. The van der Waals surface area contributed by atoms with E-state index in [1.54, 1.807) is 32.2 Å². The third-order valence-electron chi connectivity index (χ3n) is 3.35. The van der Waals surface area contributed by atoms with Gasteiger partial charge in [0.2, 0.25) is 0 Å². The highest BCUT2D eigenvalue weighted by Crippen LogP contribution is 2.16.